The van der Waals surface area contributed by atoms with E-state index in [0.717, 1.165) is 0 Å². The molecule has 1 rings (SSSR count). The Bertz CT molecular complexity index is 277. The summed E-state index contributed by atoms with van der Waals surface area (Å²) in [5.74, 6) is 0.153. The Kier molecular flexibility index (Phi) is 3.77. The fraction of sp³-hybridized carbons (Fsp3) is 0.429. The first kappa shape index (κ1) is 10.6. The molecule has 4 nitrogen and oxygen atoms in total. The maximum atomic E-state index is 8.81. The number of aliphatic hydroxyl groups is 1. The summed E-state index contributed by atoms with van der Waals surface area (Å²) in [6.07, 6.45) is 0. The molecule has 6 heteroatoms. The second-order valence-corrected chi connectivity index (χ2v) is 4.34. The van der Waals surface area contributed by atoms with Crippen molar-refractivity contribution in [1.29, 1.82) is 0 Å². The Morgan fingerprint density at radius 1 is 1.69 bits per heavy atom. The molecule has 0 saturated carbocycles. The van der Waals surface area contributed by atoms with E-state index in [1.54, 1.807) is 6.07 Å². The molecule has 1 atom stereocenters. The highest BCUT2D eigenvalue weighted by molar-refractivity contribution is 7.99. The van der Waals surface area contributed by atoms with Crippen LogP contribution in [0.25, 0.3) is 0 Å². The van der Waals surface area contributed by atoms with Gasteiger partial charge in [-0.15, -0.1) is 11.8 Å². The van der Waals surface area contributed by atoms with Crippen LogP contribution in [0.1, 0.15) is 6.92 Å². The largest absolute Gasteiger partial charge is 0.395 e. The summed E-state index contributed by atoms with van der Waals surface area (Å²) in [7, 11) is 0. The van der Waals surface area contributed by atoms with Gasteiger partial charge in [0.25, 0.3) is 0 Å². The molecule has 72 valence electrons. The summed E-state index contributed by atoms with van der Waals surface area (Å²) in [6, 6.07) is 1.62. The predicted molar refractivity (Wildman–Crippen MR) is 53.9 cm³/mol. The van der Waals surface area contributed by atoms with Crippen molar-refractivity contribution in [3.05, 3.63) is 11.2 Å². The lowest BCUT2D eigenvalue weighted by Crippen LogP contribution is -2.03. The molecule has 0 saturated heterocycles. The summed E-state index contributed by atoms with van der Waals surface area (Å²) >= 11 is 7.08. The molecule has 1 aromatic heterocycles. The predicted octanol–water partition coefficient (Wildman–Crippen LogP) is 1.19. The minimum atomic E-state index is 0.0744. The van der Waals surface area contributed by atoms with Gasteiger partial charge < -0.3 is 10.8 Å². The van der Waals surface area contributed by atoms with E-state index in [-0.39, 0.29) is 17.8 Å². The number of nitrogens with two attached hydrogens (primary N) is 1. The SMILES string of the molecule is CC(CO)Sc1cc(Cl)nc(N)n1. The lowest BCUT2D eigenvalue weighted by atomic mass is 10.5. The zero-order chi connectivity index (χ0) is 9.84. The molecule has 0 aliphatic carbocycles. The third kappa shape index (κ3) is 3.38. The molecular formula is C7H10ClN3OS. The van der Waals surface area contributed by atoms with Crippen molar-refractivity contribution in [2.24, 2.45) is 0 Å². The van der Waals surface area contributed by atoms with Crippen LogP contribution in [0.5, 0.6) is 0 Å². The first-order chi connectivity index (χ1) is 6.11. The van der Waals surface area contributed by atoms with E-state index in [4.69, 9.17) is 22.4 Å². The van der Waals surface area contributed by atoms with Gasteiger partial charge in [-0.2, -0.15) is 0 Å². The third-order valence-electron chi connectivity index (χ3n) is 1.27. The number of hydrogen-bond donors (Lipinski definition) is 2. The number of nitrogens with zero attached hydrogens (tertiary/aromatic N) is 2. The molecule has 0 spiro atoms. The van der Waals surface area contributed by atoms with E-state index in [0.29, 0.717) is 10.2 Å². The van der Waals surface area contributed by atoms with E-state index < -0.39 is 0 Å². The van der Waals surface area contributed by atoms with Gasteiger partial charge in [0, 0.05) is 11.3 Å². The quantitative estimate of drug-likeness (QED) is 0.590. The minimum absolute atomic E-state index is 0.0744. The highest BCUT2D eigenvalue weighted by atomic mass is 35.5. The van der Waals surface area contributed by atoms with Gasteiger partial charge >= 0.3 is 0 Å². The molecule has 0 aliphatic rings. The normalized spacial score (nSPS) is 12.8. The number of thioether (sulfide) groups is 1. The molecular weight excluding hydrogens is 210 g/mol. The zero-order valence-electron chi connectivity index (χ0n) is 7.07. The number of anilines is 1. The van der Waals surface area contributed by atoms with Crippen LogP contribution < -0.4 is 5.73 Å². The standard InChI is InChI=1S/C7H10ClN3OS/c1-4(3-12)13-6-2-5(8)10-7(9)11-6/h2,4,12H,3H2,1H3,(H2,9,10,11). The van der Waals surface area contributed by atoms with Crippen LogP contribution in [-0.2, 0) is 0 Å². The smallest absolute Gasteiger partial charge is 0.222 e. The summed E-state index contributed by atoms with van der Waals surface area (Å²) in [6.45, 7) is 1.98. The van der Waals surface area contributed by atoms with Crippen molar-refractivity contribution in [2.75, 3.05) is 12.3 Å². The van der Waals surface area contributed by atoms with Crippen LogP contribution in [0.4, 0.5) is 5.95 Å². The Hall–Kier alpha value is -0.520. The molecule has 0 amide bonds. The fourth-order valence-electron chi connectivity index (χ4n) is 0.718. The Labute approximate surface area is 85.5 Å². The Balaban J connectivity index is 2.77. The van der Waals surface area contributed by atoms with Crippen LogP contribution >= 0.6 is 23.4 Å². The summed E-state index contributed by atoms with van der Waals surface area (Å²) in [5, 5.41) is 9.88. The Morgan fingerprint density at radius 3 is 2.92 bits per heavy atom. The van der Waals surface area contributed by atoms with Gasteiger partial charge in [0.05, 0.1) is 6.61 Å². The lowest BCUT2D eigenvalue weighted by Gasteiger charge is -2.06. The van der Waals surface area contributed by atoms with Gasteiger partial charge in [-0.25, -0.2) is 9.97 Å². The molecule has 0 aromatic carbocycles. The van der Waals surface area contributed by atoms with Gasteiger partial charge in [0.15, 0.2) is 0 Å². The van der Waals surface area contributed by atoms with Crippen molar-refractivity contribution >= 4 is 29.3 Å². The van der Waals surface area contributed by atoms with Crippen molar-refractivity contribution in [3.63, 3.8) is 0 Å². The van der Waals surface area contributed by atoms with Crippen molar-refractivity contribution in [1.82, 2.24) is 9.97 Å². The number of aromatic nitrogens is 2. The van der Waals surface area contributed by atoms with Crippen LogP contribution in [0.3, 0.4) is 0 Å². The minimum Gasteiger partial charge on any atom is -0.395 e. The van der Waals surface area contributed by atoms with E-state index in [1.165, 1.54) is 11.8 Å². The molecule has 1 heterocycles. The number of aliphatic hydroxyl groups excluding tert-OH is 1. The van der Waals surface area contributed by atoms with Gasteiger partial charge in [-0.05, 0) is 0 Å². The lowest BCUT2D eigenvalue weighted by molar-refractivity contribution is 0.300. The maximum Gasteiger partial charge on any atom is 0.222 e. The summed E-state index contributed by atoms with van der Waals surface area (Å²) < 4.78 is 0. The number of rotatable bonds is 3. The molecule has 0 fully saturated rings. The number of halogens is 1. The van der Waals surface area contributed by atoms with Crippen LogP contribution in [0.2, 0.25) is 5.15 Å². The van der Waals surface area contributed by atoms with Crippen molar-refractivity contribution in [3.8, 4) is 0 Å². The average Bonchev–Trinajstić information content (AvgIpc) is 2.02. The molecule has 0 bridgehead atoms. The second-order valence-electron chi connectivity index (χ2n) is 2.50. The number of hydrogen-bond acceptors (Lipinski definition) is 5. The van der Waals surface area contributed by atoms with E-state index in [1.807, 2.05) is 6.92 Å². The highest BCUT2D eigenvalue weighted by Crippen LogP contribution is 2.23. The first-order valence-corrected chi connectivity index (χ1v) is 4.95. The molecule has 3 N–H and O–H groups in total. The van der Waals surface area contributed by atoms with Crippen molar-refractivity contribution < 1.29 is 5.11 Å². The second kappa shape index (κ2) is 4.64. The molecule has 13 heavy (non-hydrogen) atoms. The maximum absolute atomic E-state index is 8.81. The van der Waals surface area contributed by atoms with E-state index in [2.05, 4.69) is 9.97 Å². The molecule has 0 aliphatic heterocycles. The van der Waals surface area contributed by atoms with Crippen LogP contribution in [-0.4, -0.2) is 26.9 Å². The highest BCUT2D eigenvalue weighted by Gasteiger charge is 2.06. The third-order valence-corrected chi connectivity index (χ3v) is 2.46. The van der Waals surface area contributed by atoms with Gasteiger partial charge in [-0.1, -0.05) is 18.5 Å². The summed E-state index contributed by atoms with van der Waals surface area (Å²) in [4.78, 5) is 7.68. The average molecular weight is 220 g/mol. The van der Waals surface area contributed by atoms with E-state index in [9.17, 15) is 0 Å². The van der Waals surface area contributed by atoms with E-state index >= 15 is 0 Å². The topological polar surface area (TPSA) is 72.0 Å². The first-order valence-electron chi connectivity index (χ1n) is 3.69. The van der Waals surface area contributed by atoms with Gasteiger partial charge in [-0.3, -0.25) is 0 Å². The molecule has 0 radical (unpaired) electrons. The molecule has 1 aromatic rings. The number of nitrogen functional groups attached to an aromatic ring is 1. The van der Waals surface area contributed by atoms with Crippen molar-refractivity contribution in [2.45, 2.75) is 17.2 Å². The fourth-order valence-corrected chi connectivity index (χ4v) is 1.78. The molecule has 1 unspecified atom stereocenters. The monoisotopic (exact) mass is 219 g/mol. The van der Waals surface area contributed by atoms with Crippen LogP contribution in [0, 0.1) is 0 Å². The zero-order valence-corrected chi connectivity index (χ0v) is 8.64. The Morgan fingerprint density at radius 2 is 2.38 bits per heavy atom. The summed E-state index contributed by atoms with van der Waals surface area (Å²) in [5.41, 5.74) is 5.39. The van der Waals surface area contributed by atoms with Gasteiger partial charge in [0.1, 0.15) is 10.2 Å². The van der Waals surface area contributed by atoms with Crippen LogP contribution in [0.15, 0.2) is 11.1 Å². The van der Waals surface area contributed by atoms with Gasteiger partial charge in [0.2, 0.25) is 5.95 Å².